The highest BCUT2D eigenvalue weighted by Gasteiger charge is 2.10. The quantitative estimate of drug-likeness (QED) is 0.671. The smallest absolute Gasteiger partial charge is 0.0991 e. The zero-order valence-corrected chi connectivity index (χ0v) is 11.3. The number of nitriles is 1. The summed E-state index contributed by atoms with van der Waals surface area (Å²) in [5.74, 6) is 0. The monoisotopic (exact) mass is 286 g/mol. The first-order valence-corrected chi connectivity index (χ1v) is 6.41. The number of nitrogens with zero attached hydrogens (tertiary/aromatic N) is 1. The van der Waals surface area contributed by atoms with Crippen LogP contribution in [0.25, 0.3) is 22.0 Å². The standard InChI is InChI=1S/C15H8Cl2N2/c16-10-2-3-11(14(17)6-10)13-8-19-15-4-1-9(7-18)5-12(13)15/h1-6,8,19H. The fourth-order valence-electron chi connectivity index (χ4n) is 2.12. The van der Waals surface area contributed by atoms with Crippen LogP contribution in [0, 0.1) is 11.3 Å². The summed E-state index contributed by atoms with van der Waals surface area (Å²) in [4.78, 5) is 3.18. The molecule has 0 saturated carbocycles. The highest BCUT2D eigenvalue weighted by Crippen LogP contribution is 2.35. The van der Waals surface area contributed by atoms with Gasteiger partial charge in [0.1, 0.15) is 0 Å². The average molecular weight is 287 g/mol. The van der Waals surface area contributed by atoms with Gasteiger partial charge >= 0.3 is 0 Å². The van der Waals surface area contributed by atoms with Gasteiger partial charge in [0.25, 0.3) is 0 Å². The molecule has 1 heterocycles. The summed E-state index contributed by atoms with van der Waals surface area (Å²) in [5, 5.41) is 11.2. The molecule has 0 atom stereocenters. The van der Waals surface area contributed by atoms with Crippen molar-refractivity contribution in [2.24, 2.45) is 0 Å². The lowest BCUT2D eigenvalue weighted by Crippen LogP contribution is -1.79. The summed E-state index contributed by atoms with van der Waals surface area (Å²) in [7, 11) is 0. The Kier molecular flexibility index (Phi) is 2.94. The van der Waals surface area contributed by atoms with Gasteiger partial charge in [-0.3, -0.25) is 0 Å². The lowest BCUT2D eigenvalue weighted by molar-refractivity contribution is 1.46. The molecule has 0 aliphatic heterocycles. The molecule has 3 aromatic rings. The Morgan fingerprint density at radius 1 is 1.00 bits per heavy atom. The molecule has 2 aromatic carbocycles. The molecule has 0 aliphatic carbocycles. The van der Waals surface area contributed by atoms with Crippen molar-refractivity contribution in [2.45, 2.75) is 0 Å². The van der Waals surface area contributed by atoms with Crippen LogP contribution < -0.4 is 0 Å². The summed E-state index contributed by atoms with van der Waals surface area (Å²) in [5.41, 5.74) is 3.46. The molecule has 92 valence electrons. The molecular formula is C15H8Cl2N2. The average Bonchev–Trinajstić information content (AvgIpc) is 2.81. The van der Waals surface area contributed by atoms with E-state index in [1.54, 1.807) is 18.2 Å². The number of nitrogens with one attached hydrogen (secondary N) is 1. The second-order valence-corrected chi connectivity index (χ2v) is 5.04. The Morgan fingerprint density at radius 3 is 2.58 bits per heavy atom. The van der Waals surface area contributed by atoms with Crippen molar-refractivity contribution in [3.63, 3.8) is 0 Å². The van der Waals surface area contributed by atoms with Gasteiger partial charge in [0.05, 0.1) is 11.6 Å². The van der Waals surface area contributed by atoms with Crippen molar-refractivity contribution < 1.29 is 0 Å². The Bertz CT molecular complexity index is 813. The number of H-pyrrole nitrogens is 1. The van der Waals surface area contributed by atoms with E-state index >= 15 is 0 Å². The van der Waals surface area contributed by atoms with Crippen molar-refractivity contribution in [1.82, 2.24) is 4.98 Å². The molecule has 2 nitrogen and oxygen atoms in total. The van der Waals surface area contributed by atoms with Gasteiger partial charge in [-0.05, 0) is 30.3 Å². The third-order valence-corrected chi connectivity index (χ3v) is 3.58. The van der Waals surface area contributed by atoms with Crippen LogP contribution in [0.15, 0.2) is 42.6 Å². The minimum absolute atomic E-state index is 0.593. The largest absolute Gasteiger partial charge is 0.361 e. The Morgan fingerprint density at radius 2 is 1.84 bits per heavy atom. The van der Waals surface area contributed by atoms with Crippen LogP contribution in [0.2, 0.25) is 10.0 Å². The number of hydrogen-bond donors (Lipinski definition) is 1. The van der Waals surface area contributed by atoms with Crippen LogP contribution in [0.3, 0.4) is 0 Å². The van der Waals surface area contributed by atoms with E-state index in [0.717, 1.165) is 22.0 Å². The van der Waals surface area contributed by atoms with Gasteiger partial charge in [-0.1, -0.05) is 29.3 Å². The Hall–Kier alpha value is -1.95. The molecule has 19 heavy (non-hydrogen) atoms. The normalized spacial score (nSPS) is 10.6. The number of hydrogen-bond acceptors (Lipinski definition) is 1. The predicted molar refractivity (Wildman–Crippen MR) is 78.5 cm³/mol. The molecule has 0 fully saturated rings. The zero-order valence-electron chi connectivity index (χ0n) is 9.74. The number of rotatable bonds is 1. The van der Waals surface area contributed by atoms with Gasteiger partial charge in [-0.2, -0.15) is 5.26 Å². The van der Waals surface area contributed by atoms with Crippen LogP contribution in [-0.2, 0) is 0 Å². The molecule has 0 spiro atoms. The van der Waals surface area contributed by atoms with E-state index in [1.807, 2.05) is 24.4 Å². The van der Waals surface area contributed by atoms with E-state index in [0.29, 0.717) is 15.6 Å². The minimum atomic E-state index is 0.593. The molecule has 1 N–H and O–H groups in total. The van der Waals surface area contributed by atoms with Crippen molar-refractivity contribution in [3.8, 4) is 17.2 Å². The fourth-order valence-corrected chi connectivity index (χ4v) is 2.63. The second-order valence-electron chi connectivity index (χ2n) is 4.20. The van der Waals surface area contributed by atoms with E-state index in [4.69, 9.17) is 28.5 Å². The number of aromatic amines is 1. The highest BCUT2D eigenvalue weighted by atomic mass is 35.5. The van der Waals surface area contributed by atoms with Crippen molar-refractivity contribution in [1.29, 1.82) is 5.26 Å². The molecule has 0 radical (unpaired) electrons. The molecule has 3 rings (SSSR count). The van der Waals surface area contributed by atoms with Gasteiger partial charge in [-0.15, -0.1) is 0 Å². The molecule has 4 heteroatoms. The number of halogens is 2. The molecule has 0 unspecified atom stereocenters. The van der Waals surface area contributed by atoms with E-state index in [9.17, 15) is 0 Å². The molecule has 0 bridgehead atoms. The zero-order chi connectivity index (χ0) is 13.4. The number of benzene rings is 2. The van der Waals surface area contributed by atoms with Crippen LogP contribution in [0.5, 0.6) is 0 Å². The van der Waals surface area contributed by atoms with Gasteiger partial charge in [0.2, 0.25) is 0 Å². The molecule has 0 aliphatic rings. The first kappa shape index (κ1) is 12.1. The van der Waals surface area contributed by atoms with E-state index in [1.165, 1.54) is 0 Å². The van der Waals surface area contributed by atoms with Crippen LogP contribution in [0.1, 0.15) is 5.56 Å². The SMILES string of the molecule is N#Cc1ccc2[nH]cc(-c3ccc(Cl)cc3Cl)c2c1. The third kappa shape index (κ3) is 2.08. The summed E-state index contributed by atoms with van der Waals surface area (Å²) >= 11 is 12.1. The highest BCUT2D eigenvalue weighted by molar-refractivity contribution is 6.36. The summed E-state index contributed by atoms with van der Waals surface area (Å²) in [6, 6.07) is 13.1. The van der Waals surface area contributed by atoms with Crippen LogP contribution >= 0.6 is 23.2 Å². The molecular weight excluding hydrogens is 279 g/mol. The van der Waals surface area contributed by atoms with Gasteiger partial charge in [0.15, 0.2) is 0 Å². The lowest BCUT2D eigenvalue weighted by atomic mass is 10.0. The first-order chi connectivity index (χ1) is 9.19. The van der Waals surface area contributed by atoms with Crippen molar-refractivity contribution in [3.05, 3.63) is 58.2 Å². The third-order valence-electron chi connectivity index (χ3n) is 3.03. The topological polar surface area (TPSA) is 39.6 Å². The van der Waals surface area contributed by atoms with Gasteiger partial charge in [0, 0.05) is 38.3 Å². The Labute approximate surface area is 120 Å². The van der Waals surface area contributed by atoms with Crippen LogP contribution in [0.4, 0.5) is 0 Å². The number of fused-ring (bicyclic) bond motifs is 1. The first-order valence-electron chi connectivity index (χ1n) is 5.65. The fraction of sp³-hybridized carbons (Fsp3) is 0. The number of aromatic nitrogens is 1. The maximum atomic E-state index is 8.98. The summed E-state index contributed by atoms with van der Waals surface area (Å²) in [6.07, 6.45) is 1.89. The second kappa shape index (κ2) is 4.62. The van der Waals surface area contributed by atoms with Crippen molar-refractivity contribution in [2.75, 3.05) is 0 Å². The molecule has 0 amide bonds. The minimum Gasteiger partial charge on any atom is -0.361 e. The van der Waals surface area contributed by atoms with Crippen molar-refractivity contribution >= 4 is 34.1 Å². The molecule has 0 saturated heterocycles. The van der Waals surface area contributed by atoms with E-state index in [2.05, 4.69) is 11.1 Å². The lowest BCUT2D eigenvalue weighted by Gasteiger charge is -2.03. The van der Waals surface area contributed by atoms with E-state index < -0.39 is 0 Å². The van der Waals surface area contributed by atoms with Crippen LogP contribution in [-0.4, -0.2) is 4.98 Å². The summed E-state index contributed by atoms with van der Waals surface area (Å²) < 4.78 is 0. The van der Waals surface area contributed by atoms with Gasteiger partial charge < -0.3 is 4.98 Å². The molecule has 1 aromatic heterocycles. The maximum absolute atomic E-state index is 8.98. The predicted octanol–water partition coefficient (Wildman–Crippen LogP) is 5.01. The van der Waals surface area contributed by atoms with Gasteiger partial charge in [-0.25, -0.2) is 0 Å². The summed E-state index contributed by atoms with van der Waals surface area (Å²) in [6.45, 7) is 0. The maximum Gasteiger partial charge on any atom is 0.0991 e. The Balaban J connectivity index is 2.28. The van der Waals surface area contributed by atoms with E-state index in [-0.39, 0.29) is 0 Å².